The number of alkyl halides is 3. The second-order valence-electron chi connectivity index (χ2n) is 4.03. The van der Waals surface area contributed by atoms with E-state index in [0.717, 1.165) is 0 Å². The van der Waals surface area contributed by atoms with E-state index in [2.05, 4.69) is 9.97 Å². The third-order valence-corrected chi connectivity index (χ3v) is 3.58. The van der Waals surface area contributed by atoms with E-state index in [1.807, 2.05) is 0 Å². The van der Waals surface area contributed by atoms with Gasteiger partial charge in [0, 0.05) is 11.1 Å². The quantitative estimate of drug-likeness (QED) is 0.609. The predicted octanol–water partition coefficient (Wildman–Crippen LogP) is 5.16. The van der Waals surface area contributed by atoms with E-state index in [1.54, 1.807) is 12.1 Å². The number of hydrogen-bond donors (Lipinski definition) is 0. The van der Waals surface area contributed by atoms with Crippen LogP contribution in [-0.2, 0) is 0 Å². The van der Waals surface area contributed by atoms with Gasteiger partial charge in [0.25, 0.3) is 0 Å². The Labute approximate surface area is 126 Å². The molecule has 0 radical (unpaired) electrons. The van der Waals surface area contributed by atoms with Crippen molar-refractivity contribution in [2.45, 2.75) is 10.4 Å². The first-order chi connectivity index (χ1) is 9.92. The van der Waals surface area contributed by atoms with Gasteiger partial charge >= 0.3 is 5.51 Å². The molecule has 3 nitrogen and oxygen atoms in total. The topological polar surface area (TPSA) is 38.9 Å². The molecule has 0 aliphatic rings. The molecule has 1 aromatic carbocycles. The maximum Gasteiger partial charge on any atom is 0.446 e. The van der Waals surface area contributed by atoms with Gasteiger partial charge in [-0.3, -0.25) is 0 Å². The SMILES string of the molecule is FC(F)(F)Sc1ccc2oc(-c3ncccc3Cl)nc2c1. The highest BCUT2D eigenvalue weighted by atomic mass is 35.5. The molecule has 0 saturated carbocycles. The van der Waals surface area contributed by atoms with Crippen molar-refractivity contribution < 1.29 is 17.6 Å². The van der Waals surface area contributed by atoms with Gasteiger partial charge in [-0.05, 0) is 42.1 Å². The maximum atomic E-state index is 12.4. The molecule has 0 N–H and O–H groups in total. The first-order valence-electron chi connectivity index (χ1n) is 5.69. The van der Waals surface area contributed by atoms with Gasteiger partial charge in [-0.25, -0.2) is 9.97 Å². The second-order valence-corrected chi connectivity index (χ2v) is 5.58. The Hall–Kier alpha value is -1.73. The monoisotopic (exact) mass is 330 g/mol. The zero-order chi connectivity index (χ0) is 15.0. The minimum absolute atomic E-state index is 0.0435. The van der Waals surface area contributed by atoms with Crippen LogP contribution in [0.5, 0.6) is 0 Å². The fourth-order valence-electron chi connectivity index (χ4n) is 1.75. The molecule has 0 bridgehead atoms. The third-order valence-electron chi connectivity index (χ3n) is 2.55. The predicted molar refractivity (Wildman–Crippen MR) is 74.2 cm³/mol. The Morgan fingerprint density at radius 1 is 1.19 bits per heavy atom. The molecule has 3 rings (SSSR count). The van der Waals surface area contributed by atoms with Crippen molar-refractivity contribution in [3.8, 4) is 11.6 Å². The van der Waals surface area contributed by atoms with Gasteiger partial charge in [-0.1, -0.05) is 11.6 Å². The number of oxazole rings is 1. The second kappa shape index (κ2) is 5.23. The summed E-state index contributed by atoms with van der Waals surface area (Å²) in [5.41, 5.74) is -3.30. The Bertz CT molecular complexity index is 803. The van der Waals surface area contributed by atoms with E-state index < -0.39 is 5.51 Å². The minimum atomic E-state index is -4.34. The lowest BCUT2D eigenvalue weighted by Crippen LogP contribution is -1.98. The van der Waals surface area contributed by atoms with Crippen LogP contribution in [0.15, 0.2) is 45.8 Å². The highest BCUT2D eigenvalue weighted by molar-refractivity contribution is 8.00. The van der Waals surface area contributed by atoms with E-state index in [0.29, 0.717) is 21.8 Å². The first-order valence-corrected chi connectivity index (χ1v) is 6.89. The van der Waals surface area contributed by atoms with Crippen molar-refractivity contribution in [3.05, 3.63) is 41.6 Å². The zero-order valence-electron chi connectivity index (χ0n) is 10.2. The molecular formula is C13H6ClF3N2OS. The summed E-state index contributed by atoms with van der Waals surface area (Å²) < 4.78 is 42.5. The van der Waals surface area contributed by atoms with Gasteiger partial charge in [-0.15, -0.1) is 0 Å². The largest absolute Gasteiger partial charge is 0.446 e. The van der Waals surface area contributed by atoms with Crippen molar-refractivity contribution in [2.24, 2.45) is 0 Å². The summed E-state index contributed by atoms with van der Waals surface area (Å²) in [7, 11) is 0. The third kappa shape index (κ3) is 3.14. The van der Waals surface area contributed by atoms with Crippen molar-refractivity contribution in [3.63, 3.8) is 0 Å². The fraction of sp³-hybridized carbons (Fsp3) is 0.0769. The van der Waals surface area contributed by atoms with E-state index in [4.69, 9.17) is 16.0 Å². The van der Waals surface area contributed by atoms with Crippen molar-refractivity contribution in [1.29, 1.82) is 0 Å². The van der Waals surface area contributed by atoms with E-state index >= 15 is 0 Å². The molecule has 0 fully saturated rings. The van der Waals surface area contributed by atoms with E-state index in [9.17, 15) is 13.2 Å². The number of pyridine rings is 1. The van der Waals surface area contributed by atoms with Crippen LogP contribution in [0.2, 0.25) is 5.02 Å². The first kappa shape index (κ1) is 14.2. The highest BCUT2D eigenvalue weighted by Gasteiger charge is 2.29. The van der Waals surface area contributed by atoms with Crippen LogP contribution in [0.4, 0.5) is 13.2 Å². The lowest BCUT2D eigenvalue weighted by Gasteiger charge is -2.04. The van der Waals surface area contributed by atoms with Gasteiger partial charge in [-0.2, -0.15) is 13.2 Å². The van der Waals surface area contributed by atoms with Crippen LogP contribution in [-0.4, -0.2) is 15.5 Å². The Morgan fingerprint density at radius 3 is 2.71 bits per heavy atom. The Balaban J connectivity index is 2.03. The number of nitrogens with zero attached hydrogens (tertiary/aromatic N) is 2. The number of aromatic nitrogens is 2. The Kier molecular flexibility index (Phi) is 3.54. The van der Waals surface area contributed by atoms with Crippen LogP contribution in [0.3, 0.4) is 0 Å². The summed E-state index contributed by atoms with van der Waals surface area (Å²) in [6.45, 7) is 0. The number of hydrogen-bond acceptors (Lipinski definition) is 4. The molecule has 0 atom stereocenters. The molecule has 8 heteroatoms. The summed E-state index contributed by atoms with van der Waals surface area (Å²) >= 11 is 5.79. The summed E-state index contributed by atoms with van der Waals surface area (Å²) in [6.07, 6.45) is 1.53. The summed E-state index contributed by atoms with van der Waals surface area (Å²) in [5, 5.41) is 0.356. The van der Waals surface area contributed by atoms with Gasteiger partial charge in [0.15, 0.2) is 5.58 Å². The molecule has 2 heterocycles. The molecule has 21 heavy (non-hydrogen) atoms. The van der Waals surface area contributed by atoms with Crippen LogP contribution < -0.4 is 0 Å². The summed E-state index contributed by atoms with van der Waals surface area (Å²) in [5.74, 6) is 0.171. The van der Waals surface area contributed by atoms with E-state index in [1.165, 1.54) is 24.4 Å². The number of benzene rings is 1. The normalized spacial score (nSPS) is 12.0. The number of halogens is 4. The Morgan fingerprint density at radius 2 is 2.00 bits per heavy atom. The fourth-order valence-corrected chi connectivity index (χ4v) is 2.52. The summed E-state index contributed by atoms with van der Waals surface area (Å²) in [6, 6.07) is 7.37. The van der Waals surface area contributed by atoms with E-state index in [-0.39, 0.29) is 22.5 Å². The minimum Gasteiger partial charge on any atom is -0.435 e. The maximum absolute atomic E-state index is 12.4. The molecule has 3 aromatic rings. The average Bonchev–Trinajstić information content (AvgIpc) is 2.80. The molecule has 0 saturated heterocycles. The lowest BCUT2D eigenvalue weighted by molar-refractivity contribution is -0.0328. The van der Waals surface area contributed by atoms with Crippen molar-refractivity contribution in [2.75, 3.05) is 0 Å². The van der Waals surface area contributed by atoms with Gasteiger partial charge in [0.05, 0.1) is 5.02 Å². The standard InChI is InChI=1S/C13H6ClF3N2OS/c14-8-2-1-5-18-11(8)12-19-9-6-7(21-13(15,16)17)3-4-10(9)20-12/h1-6H. The van der Waals surface area contributed by atoms with Crippen LogP contribution in [0.25, 0.3) is 22.7 Å². The molecule has 108 valence electrons. The molecular weight excluding hydrogens is 325 g/mol. The zero-order valence-corrected chi connectivity index (χ0v) is 11.8. The molecule has 0 spiro atoms. The van der Waals surface area contributed by atoms with Crippen molar-refractivity contribution >= 4 is 34.5 Å². The van der Waals surface area contributed by atoms with Gasteiger partial charge < -0.3 is 4.42 Å². The number of fused-ring (bicyclic) bond motifs is 1. The lowest BCUT2D eigenvalue weighted by atomic mass is 10.3. The molecule has 0 unspecified atom stereocenters. The highest BCUT2D eigenvalue weighted by Crippen LogP contribution is 2.38. The average molecular weight is 331 g/mol. The molecule has 0 amide bonds. The van der Waals surface area contributed by atoms with Crippen molar-refractivity contribution in [1.82, 2.24) is 9.97 Å². The van der Waals surface area contributed by atoms with Gasteiger partial charge in [0.2, 0.25) is 5.89 Å². The van der Waals surface area contributed by atoms with Crippen LogP contribution >= 0.6 is 23.4 Å². The van der Waals surface area contributed by atoms with Crippen LogP contribution in [0, 0.1) is 0 Å². The number of rotatable bonds is 2. The van der Waals surface area contributed by atoms with Gasteiger partial charge in [0.1, 0.15) is 11.2 Å². The molecule has 2 aromatic heterocycles. The number of thioether (sulfide) groups is 1. The van der Waals surface area contributed by atoms with Crippen LogP contribution in [0.1, 0.15) is 0 Å². The smallest absolute Gasteiger partial charge is 0.435 e. The summed E-state index contributed by atoms with van der Waals surface area (Å²) in [4.78, 5) is 8.24. The molecule has 0 aliphatic carbocycles. The molecule has 0 aliphatic heterocycles.